The average molecular weight is 287 g/mol. The summed E-state index contributed by atoms with van der Waals surface area (Å²) in [6.45, 7) is 0. The van der Waals surface area contributed by atoms with E-state index in [1.54, 1.807) is 0 Å². The second-order valence-corrected chi connectivity index (χ2v) is 5.31. The van der Waals surface area contributed by atoms with E-state index in [1.165, 1.54) is 22.3 Å². The van der Waals surface area contributed by atoms with Crippen LogP contribution in [0.4, 0.5) is 5.69 Å². The summed E-state index contributed by atoms with van der Waals surface area (Å²) in [5, 5.41) is 0. The number of hydrogen-bond acceptors (Lipinski definition) is 1. The molecule has 0 saturated carbocycles. The van der Waals surface area contributed by atoms with Gasteiger partial charge in [0.2, 0.25) is 0 Å². The van der Waals surface area contributed by atoms with Gasteiger partial charge in [-0.25, -0.2) is 0 Å². The van der Waals surface area contributed by atoms with Gasteiger partial charge < -0.3 is 5.73 Å². The van der Waals surface area contributed by atoms with E-state index in [9.17, 15) is 0 Å². The van der Waals surface area contributed by atoms with Gasteiger partial charge >= 0.3 is 0 Å². The van der Waals surface area contributed by atoms with Gasteiger partial charge in [0.05, 0.1) is 8.41 Å². The van der Waals surface area contributed by atoms with Crippen LogP contribution < -0.4 is 5.73 Å². The van der Waals surface area contributed by atoms with Gasteiger partial charge in [-0.15, -0.1) is 0 Å². The van der Waals surface area contributed by atoms with E-state index >= 15 is 0 Å². The molecule has 0 aromatic heterocycles. The molecule has 0 radical (unpaired) electrons. The van der Waals surface area contributed by atoms with Gasteiger partial charge in [-0.1, -0.05) is 72.8 Å². The highest BCUT2D eigenvalue weighted by atomic mass is 14.6. The maximum absolute atomic E-state index is 6.22. The van der Waals surface area contributed by atoms with E-state index < -0.39 is 0 Å². The lowest BCUT2D eigenvalue weighted by Crippen LogP contribution is -2.02. The van der Waals surface area contributed by atoms with Crippen molar-refractivity contribution in [3.8, 4) is 0 Å². The van der Waals surface area contributed by atoms with E-state index in [2.05, 4.69) is 54.6 Å². The summed E-state index contributed by atoms with van der Waals surface area (Å²) in [5.74, 6) is 0. The third kappa shape index (κ3) is 3.79. The molecule has 0 unspecified atom stereocenters. The molecule has 3 aromatic carbocycles. The zero-order valence-corrected chi connectivity index (χ0v) is 12.0. The Morgan fingerprint density at radius 2 is 1.14 bits per heavy atom. The second-order valence-electron chi connectivity index (χ2n) is 5.31. The van der Waals surface area contributed by atoms with Crippen LogP contribution in [0.3, 0.4) is 0 Å². The normalized spacial score (nSPS) is 10.0. The van der Waals surface area contributed by atoms with E-state index in [1.807, 2.05) is 24.3 Å². The molecule has 3 rings (SSSR count). The van der Waals surface area contributed by atoms with Crippen molar-refractivity contribution in [3.63, 3.8) is 0 Å². The number of nitrogen functional groups attached to an aromatic ring is 1. The topological polar surface area (TPSA) is 26.0 Å². The van der Waals surface area contributed by atoms with Crippen LogP contribution in [0.15, 0.2) is 78.9 Å². The molecule has 0 atom stereocenters. The molecule has 0 saturated heterocycles. The Morgan fingerprint density at radius 3 is 1.73 bits per heavy atom. The molecule has 0 spiro atoms. The third-order valence-corrected chi connectivity index (χ3v) is 3.77. The highest BCUT2D eigenvalue weighted by molar-refractivity contribution is 5.75. The predicted molar refractivity (Wildman–Crippen MR) is 99.3 cm³/mol. The van der Waals surface area contributed by atoms with Gasteiger partial charge in [0.15, 0.2) is 0 Å². The molecule has 0 amide bonds. The first kappa shape index (κ1) is 15.9. The lowest BCUT2D eigenvalue weighted by molar-refractivity contribution is 1.09. The van der Waals surface area contributed by atoms with Crippen molar-refractivity contribution in [2.45, 2.75) is 12.8 Å². The minimum atomic E-state index is 0. The van der Waals surface area contributed by atoms with Crippen LogP contribution in [0, 0.1) is 0 Å². The highest BCUT2D eigenvalue weighted by Crippen LogP contribution is 2.23. The van der Waals surface area contributed by atoms with Gasteiger partial charge in [0.1, 0.15) is 0 Å². The summed E-state index contributed by atoms with van der Waals surface area (Å²) >= 11 is 0. The lowest BCUT2D eigenvalue weighted by atomic mass is 9.94. The molecule has 2 N–H and O–H groups in total. The predicted octanol–water partition coefficient (Wildman–Crippen LogP) is 3.27. The Labute approximate surface area is 134 Å². The maximum atomic E-state index is 6.22. The van der Waals surface area contributed by atoms with E-state index in [-0.39, 0.29) is 8.41 Å². The molecule has 0 fully saturated rings. The van der Waals surface area contributed by atoms with Gasteiger partial charge in [-0.3, -0.25) is 0 Å². The Balaban J connectivity index is 0.00000176. The Hall–Kier alpha value is -2.48. The summed E-state index contributed by atoms with van der Waals surface area (Å²) in [5.41, 5.74) is 12.3. The molecule has 0 aliphatic carbocycles. The first-order valence-electron chi connectivity index (χ1n) is 7.27. The summed E-state index contributed by atoms with van der Waals surface area (Å²) < 4.78 is 0. The van der Waals surface area contributed by atoms with Gasteiger partial charge in [-0.2, -0.15) is 0 Å². The molecular formula is C20H22BN. The van der Waals surface area contributed by atoms with Crippen LogP contribution in [0.25, 0.3) is 0 Å². The van der Waals surface area contributed by atoms with Crippen molar-refractivity contribution < 1.29 is 0 Å². The number of anilines is 1. The summed E-state index contributed by atoms with van der Waals surface area (Å²) in [6, 6.07) is 27.3. The zero-order valence-electron chi connectivity index (χ0n) is 12.0. The van der Waals surface area contributed by atoms with Crippen molar-refractivity contribution in [3.05, 3.63) is 101 Å². The second kappa shape index (κ2) is 7.51. The molecule has 0 aliphatic heterocycles. The van der Waals surface area contributed by atoms with Gasteiger partial charge in [0, 0.05) is 5.69 Å². The van der Waals surface area contributed by atoms with Crippen molar-refractivity contribution in [2.24, 2.45) is 0 Å². The first-order valence-corrected chi connectivity index (χ1v) is 7.27. The first-order chi connectivity index (χ1) is 10.3. The quantitative estimate of drug-likeness (QED) is 0.578. The van der Waals surface area contributed by atoms with Crippen LogP contribution in [0.5, 0.6) is 0 Å². The van der Waals surface area contributed by atoms with Crippen LogP contribution in [-0.4, -0.2) is 8.41 Å². The fraction of sp³-hybridized carbons (Fsp3) is 0.100. The molecule has 0 bridgehead atoms. The molecule has 2 heteroatoms. The molecule has 1 nitrogen and oxygen atoms in total. The van der Waals surface area contributed by atoms with Gasteiger partial charge in [0.25, 0.3) is 0 Å². The SMILES string of the molecule is B.Nc1cccc(Cc2ccccc2)c1Cc1ccccc1. The molecule has 3 aromatic rings. The van der Waals surface area contributed by atoms with Crippen molar-refractivity contribution >= 4 is 14.1 Å². The number of benzene rings is 3. The van der Waals surface area contributed by atoms with Crippen molar-refractivity contribution in [2.75, 3.05) is 5.73 Å². The smallest absolute Gasteiger partial charge is 0.0814 e. The number of nitrogens with two attached hydrogens (primary N) is 1. The Bertz CT molecular complexity index is 708. The fourth-order valence-corrected chi connectivity index (χ4v) is 2.65. The highest BCUT2D eigenvalue weighted by Gasteiger charge is 2.08. The molecule has 0 heterocycles. The van der Waals surface area contributed by atoms with Gasteiger partial charge in [-0.05, 0) is 41.2 Å². The van der Waals surface area contributed by atoms with E-state index in [0.29, 0.717) is 0 Å². The number of hydrogen-bond donors (Lipinski definition) is 1. The Kier molecular flexibility index (Phi) is 5.43. The van der Waals surface area contributed by atoms with E-state index in [4.69, 9.17) is 5.73 Å². The Morgan fingerprint density at radius 1 is 0.591 bits per heavy atom. The summed E-state index contributed by atoms with van der Waals surface area (Å²) in [6.07, 6.45) is 1.81. The average Bonchev–Trinajstić information content (AvgIpc) is 2.53. The maximum Gasteiger partial charge on any atom is 0.0814 e. The lowest BCUT2D eigenvalue weighted by Gasteiger charge is -2.13. The molecular weight excluding hydrogens is 265 g/mol. The van der Waals surface area contributed by atoms with Crippen LogP contribution in [-0.2, 0) is 12.8 Å². The molecule has 22 heavy (non-hydrogen) atoms. The monoisotopic (exact) mass is 287 g/mol. The molecule has 0 aliphatic rings. The number of rotatable bonds is 4. The third-order valence-electron chi connectivity index (χ3n) is 3.77. The standard InChI is InChI=1S/C20H19N.BH3/c21-20-13-7-12-18(14-16-8-3-1-4-9-16)19(20)15-17-10-5-2-6-11-17;/h1-13H,14-15,21H2;1H3. The van der Waals surface area contributed by atoms with Crippen molar-refractivity contribution in [1.82, 2.24) is 0 Å². The summed E-state index contributed by atoms with van der Waals surface area (Å²) in [7, 11) is 0. The van der Waals surface area contributed by atoms with Crippen LogP contribution in [0.2, 0.25) is 0 Å². The molecule has 110 valence electrons. The van der Waals surface area contributed by atoms with Crippen LogP contribution >= 0.6 is 0 Å². The summed E-state index contributed by atoms with van der Waals surface area (Å²) in [4.78, 5) is 0. The van der Waals surface area contributed by atoms with E-state index in [0.717, 1.165) is 18.5 Å². The minimum Gasteiger partial charge on any atom is -0.398 e. The van der Waals surface area contributed by atoms with Crippen molar-refractivity contribution in [1.29, 1.82) is 0 Å². The largest absolute Gasteiger partial charge is 0.398 e. The minimum absolute atomic E-state index is 0. The zero-order chi connectivity index (χ0) is 14.5. The van der Waals surface area contributed by atoms with Crippen LogP contribution in [0.1, 0.15) is 22.3 Å². The fourth-order valence-electron chi connectivity index (χ4n) is 2.65.